The maximum atomic E-state index is 13.0. The zero-order chi connectivity index (χ0) is 29.2. The lowest BCUT2D eigenvalue weighted by atomic mass is 9.89. The van der Waals surface area contributed by atoms with E-state index in [1.54, 1.807) is 36.4 Å². The Kier molecular flexibility index (Phi) is 8.36. The van der Waals surface area contributed by atoms with Crippen molar-refractivity contribution >= 4 is 17.5 Å². The maximum absolute atomic E-state index is 13.0. The van der Waals surface area contributed by atoms with Gasteiger partial charge in [0.1, 0.15) is 0 Å². The van der Waals surface area contributed by atoms with Gasteiger partial charge in [-0.1, -0.05) is 74.4 Å². The Morgan fingerprint density at radius 3 is 2.12 bits per heavy atom. The molecule has 1 saturated heterocycles. The van der Waals surface area contributed by atoms with Crippen LogP contribution in [0.1, 0.15) is 82.4 Å². The molecule has 7 nitrogen and oxygen atoms in total. The van der Waals surface area contributed by atoms with Crippen molar-refractivity contribution in [3.05, 3.63) is 113 Å². The number of hydrogen-bond donors (Lipinski definition) is 1. The number of amides is 2. The molecule has 0 radical (unpaired) electrons. The monoisotopic (exact) mass is 566 g/mol. The average molecular weight is 567 g/mol. The molecule has 42 heavy (non-hydrogen) atoms. The van der Waals surface area contributed by atoms with E-state index in [4.69, 9.17) is 9.47 Å². The van der Waals surface area contributed by atoms with Crippen LogP contribution in [0.15, 0.2) is 85.5 Å². The molecule has 1 aliphatic carbocycles. The largest absolute Gasteiger partial charge is 0.392 e. The molecular formula is C35H38N2O5. The number of nitrogens with zero attached hydrogens (tertiary/aromatic N) is 2. The topological polar surface area (TPSA) is 79.3 Å². The van der Waals surface area contributed by atoms with E-state index >= 15 is 0 Å². The number of carbonyl (C=O) groups is 2. The number of aliphatic hydroxyl groups is 1. The van der Waals surface area contributed by atoms with Crippen LogP contribution in [0, 0.1) is 5.92 Å². The zero-order valence-corrected chi connectivity index (χ0v) is 24.0. The Balaban J connectivity index is 1.27. The Labute approximate surface area is 247 Å². The van der Waals surface area contributed by atoms with Gasteiger partial charge in [0.05, 0.1) is 35.6 Å². The fourth-order valence-electron chi connectivity index (χ4n) is 6.57. The van der Waals surface area contributed by atoms with Crippen molar-refractivity contribution in [2.45, 2.75) is 63.8 Å². The number of benzene rings is 3. The second kappa shape index (κ2) is 12.3. The lowest BCUT2D eigenvalue weighted by molar-refractivity contribution is -0.276. The molecule has 2 amide bonds. The molecule has 3 aromatic carbocycles. The SMILES string of the molecule is C=CCN(C[C@@H]1O[C@H](c2ccc(N3C(=O)c4ccccc4C3=O)cc2)O[C@H](c2ccc(CO)cc2)[C@@H]1C)C1CCCC1. The van der Waals surface area contributed by atoms with E-state index in [0.29, 0.717) is 22.9 Å². The summed E-state index contributed by atoms with van der Waals surface area (Å²) < 4.78 is 13.3. The number of fused-ring (bicyclic) bond motifs is 1. The van der Waals surface area contributed by atoms with Crippen molar-refractivity contribution in [3.63, 3.8) is 0 Å². The van der Waals surface area contributed by atoms with Crippen LogP contribution < -0.4 is 4.90 Å². The Morgan fingerprint density at radius 1 is 0.905 bits per heavy atom. The lowest BCUT2D eigenvalue weighted by Crippen LogP contribution is -2.47. The third kappa shape index (κ3) is 5.45. The zero-order valence-electron chi connectivity index (χ0n) is 24.0. The molecule has 2 heterocycles. The van der Waals surface area contributed by atoms with Crippen LogP contribution in [-0.2, 0) is 16.1 Å². The smallest absolute Gasteiger partial charge is 0.266 e. The summed E-state index contributed by atoms with van der Waals surface area (Å²) in [5, 5.41) is 9.55. The average Bonchev–Trinajstić information content (AvgIpc) is 3.65. The fraction of sp³-hybridized carbons (Fsp3) is 0.371. The highest BCUT2D eigenvalue weighted by atomic mass is 16.7. The summed E-state index contributed by atoms with van der Waals surface area (Å²) in [6.07, 6.45) is 5.94. The van der Waals surface area contributed by atoms with Crippen LogP contribution in [0.5, 0.6) is 0 Å². The van der Waals surface area contributed by atoms with Gasteiger partial charge in [0, 0.05) is 30.6 Å². The van der Waals surface area contributed by atoms with E-state index in [1.165, 1.54) is 30.6 Å². The van der Waals surface area contributed by atoms with Gasteiger partial charge in [0.15, 0.2) is 6.29 Å². The van der Waals surface area contributed by atoms with Crippen LogP contribution in [0.4, 0.5) is 5.69 Å². The quantitative estimate of drug-likeness (QED) is 0.245. The van der Waals surface area contributed by atoms with Crippen molar-refractivity contribution < 1.29 is 24.2 Å². The fourth-order valence-corrected chi connectivity index (χ4v) is 6.57. The molecule has 0 unspecified atom stereocenters. The van der Waals surface area contributed by atoms with E-state index < -0.39 is 6.29 Å². The second-order valence-corrected chi connectivity index (χ2v) is 11.6. The molecule has 7 heteroatoms. The summed E-state index contributed by atoms with van der Waals surface area (Å²) in [5.74, 6) is -0.557. The first kappa shape index (κ1) is 28.5. The van der Waals surface area contributed by atoms with Gasteiger partial charge in [-0.3, -0.25) is 14.5 Å². The Bertz CT molecular complexity index is 1400. The molecule has 218 valence electrons. The molecule has 6 rings (SSSR count). The number of carbonyl (C=O) groups excluding carboxylic acids is 2. The summed E-state index contributed by atoms with van der Waals surface area (Å²) in [5.41, 5.74) is 4.07. The minimum Gasteiger partial charge on any atom is -0.392 e. The minimum atomic E-state index is -0.626. The van der Waals surface area contributed by atoms with Crippen LogP contribution in [-0.4, -0.2) is 47.1 Å². The molecule has 3 aliphatic rings. The van der Waals surface area contributed by atoms with Crippen molar-refractivity contribution in [1.29, 1.82) is 0 Å². The van der Waals surface area contributed by atoms with Crippen LogP contribution in [0.3, 0.4) is 0 Å². The van der Waals surface area contributed by atoms with Crippen LogP contribution in [0.2, 0.25) is 0 Å². The summed E-state index contributed by atoms with van der Waals surface area (Å²) in [6, 6.07) is 22.7. The van der Waals surface area contributed by atoms with Gasteiger partial charge in [-0.05, 0) is 48.2 Å². The van der Waals surface area contributed by atoms with Gasteiger partial charge in [-0.2, -0.15) is 0 Å². The molecule has 2 fully saturated rings. The summed E-state index contributed by atoms with van der Waals surface area (Å²) in [7, 11) is 0. The predicted octanol–water partition coefficient (Wildman–Crippen LogP) is 6.20. The van der Waals surface area contributed by atoms with Gasteiger partial charge >= 0.3 is 0 Å². The molecule has 0 aromatic heterocycles. The number of anilines is 1. The maximum Gasteiger partial charge on any atom is 0.266 e. The molecule has 0 bridgehead atoms. The normalized spacial score (nSPS) is 24.4. The number of aliphatic hydroxyl groups excluding tert-OH is 1. The first-order chi connectivity index (χ1) is 20.5. The third-order valence-corrected chi connectivity index (χ3v) is 8.96. The van der Waals surface area contributed by atoms with Crippen molar-refractivity contribution in [3.8, 4) is 0 Å². The van der Waals surface area contributed by atoms with Gasteiger partial charge in [-0.25, -0.2) is 4.90 Å². The molecule has 0 spiro atoms. The Morgan fingerprint density at radius 2 is 1.52 bits per heavy atom. The molecule has 1 N–H and O–H groups in total. The van der Waals surface area contributed by atoms with Gasteiger partial charge in [0.25, 0.3) is 11.8 Å². The Hall–Kier alpha value is -3.62. The number of ether oxygens (including phenoxy) is 2. The van der Waals surface area contributed by atoms with E-state index in [9.17, 15) is 14.7 Å². The summed E-state index contributed by atoms with van der Waals surface area (Å²) in [4.78, 5) is 29.7. The van der Waals surface area contributed by atoms with Crippen molar-refractivity contribution in [2.24, 2.45) is 5.92 Å². The highest BCUT2D eigenvalue weighted by Gasteiger charge is 2.41. The summed E-state index contributed by atoms with van der Waals surface area (Å²) >= 11 is 0. The standard InChI is InChI=1S/C35H38N2O5/c1-3-20-36(27-8-4-5-9-27)21-31-23(2)32(25-14-12-24(22-38)13-15-25)42-35(41-31)26-16-18-28(19-17-26)37-33(39)29-10-6-7-11-30(29)34(37)40/h3,6-7,10-19,23,27,31-32,35,38H,1,4-5,8-9,20-22H2,2H3/t23-,31+,32+,35+/m1/s1. The molecule has 1 saturated carbocycles. The molecule has 2 aliphatic heterocycles. The van der Waals surface area contributed by atoms with Crippen molar-refractivity contribution in [2.75, 3.05) is 18.0 Å². The minimum absolute atomic E-state index is 0.00687. The van der Waals surface area contributed by atoms with Gasteiger partial charge < -0.3 is 14.6 Å². The van der Waals surface area contributed by atoms with Gasteiger partial charge in [0.2, 0.25) is 0 Å². The first-order valence-electron chi connectivity index (χ1n) is 14.9. The van der Waals surface area contributed by atoms with E-state index in [-0.39, 0.29) is 36.5 Å². The van der Waals surface area contributed by atoms with Crippen LogP contribution in [0.25, 0.3) is 0 Å². The van der Waals surface area contributed by atoms with Crippen molar-refractivity contribution in [1.82, 2.24) is 4.90 Å². The predicted molar refractivity (Wildman–Crippen MR) is 161 cm³/mol. The number of hydrogen-bond acceptors (Lipinski definition) is 6. The van der Waals surface area contributed by atoms with E-state index in [1.807, 2.05) is 42.5 Å². The summed E-state index contributed by atoms with van der Waals surface area (Å²) in [6.45, 7) is 7.77. The first-order valence-corrected chi connectivity index (χ1v) is 14.9. The van der Waals surface area contributed by atoms with Crippen LogP contribution >= 0.6 is 0 Å². The number of rotatable bonds is 9. The van der Waals surface area contributed by atoms with E-state index in [2.05, 4.69) is 18.4 Å². The highest BCUT2D eigenvalue weighted by Crippen LogP contribution is 2.43. The molecule has 3 aromatic rings. The van der Waals surface area contributed by atoms with Gasteiger partial charge in [-0.15, -0.1) is 6.58 Å². The number of imide groups is 1. The van der Waals surface area contributed by atoms with E-state index in [0.717, 1.165) is 29.8 Å². The highest BCUT2D eigenvalue weighted by molar-refractivity contribution is 6.34. The third-order valence-electron chi connectivity index (χ3n) is 8.96. The molecular weight excluding hydrogens is 528 g/mol. The second-order valence-electron chi connectivity index (χ2n) is 11.6. The molecule has 4 atom stereocenters. The lowest BCUT2D eigenvalue weighted by Gasteiger charge is -2.43.